The van der Waals surface area contributed by atoms with Crippen LogP contribution in [0.4, 0.5) is 0 Å². The summed E-state index contributed by atoms with van der Waals surface area (Å²) in [6, 6.07) is 16.1. The van der Waals surface area contributed by atoms with Gasteiger partial charge in [0, 0.05) is 38.0 Å². The molecule has 2 aromatic rings. The monoisotopic (exact) mass is 406 g/mol. The molecule has 30 heavy (non-hydrogen) atoms. The molecule has 0 amide bonds. The van der Waals surface area contributed by atoms with Crippen LogP contribution in [-0.2, 0) is 5.79 Å². The molecular weight excluding hydrogens is 376 g/mol. The molecule has 2 aliphatic heterocycles. The zero-order valence-corrected chi connectivity index (χ0v) is 17.4. The zero-order valence-electron chi connectivity index (χ0n) is 17.4. The van der Waals surface area contributed by atoms with Crippen LogP contribution in [0, 0.1) is 0 Å². The first-order chi connectivity index (χ1) is 14.7. The van der Waals surface area contributed by atoms with Crippen LogP contribution in [0.2, 0.25) is 0 Å². The first-order valence-corrected chi connectivity index (χ1v) is 10.5. The Bertz CT molecular complexity index is 921. The summed E-state index contributed by atoms with van der Waals surface area (Å²) in [7, 11) is 1.67. The van der Waals surface area contributed by atoms with E-state index in [1.165, 1.54) is 6.42 Å². The molecule has 1 fully saturated rings. The molecule has 0 bridgehead atoms. The Balaban J connectivity index is 1.40. The highest BCUT2D eigenvalue weighted by Crippen LogP contribution is 2.28. The van der Waals surface area contributed by atoms with Crippen molar-refractivity contribution < 1.29 is 4.74 Å². The van der Waals surface area contributed by atoms with Crippen molar-refractivity contribution in [3.05, 3.63) is 66.0 Å². The molecule has 0 saturated carbocycles. The van der Waals surface area contributed by atoms with Crippen LogP contribution < -0.4 is 26.5 Å². The molecule has 2 aromatic carbocycles. The van der Waals surface area contributed by atoms with Crippen molar-refractivity contribution in [1.82, 2.24) is 21.1 Å². The smallest absolute Gasteiger partial charge is 0.210 e. The number of nitrogens with two attached hydrogens (primary N) is 1. The van der Waals surface area contributed by atoms with Gasteiger partial charge >= 0.3 is 0 Å². The zero-order chi connectivity index (χ0) is 20.8. The van der Waals surface area contributed by atoms with E-state index in [1.807, 2.05) is 36.4 Å². The lowest BCUT2D eigenvalue weighted by molar-refractivity contribution is 0.249. The van der Waals surface area contributed by atoms with Crippen molar-refractivity contribution in [1.29, 1.82) is 0 Å². The van der Waals surface area contributed by atoms with Gasteiger partial charge < -0.3 is 15.4 Å². The van der Waals surface area contributed by atoms with Crippen LogP contribution >= 0.6 is 0 Å². The van der Waals surface area contributed by atoms with Crippen LogP contribution in [0.3, 0.4) is 0 Å². The van der Waals surface area contributed by atoms with Crippen molar-refractivity contribution in [3.63, 3.8) is 0 Å². The summed E-state index contributed by atoms with van der Waals surface area (Å²) in [5, 5.41) is 9.07. The summed E-state index contributed by atoms with van der Waals surface area (Å²) < 4.78 is 5.35. The Morgan fingerprint density at radius 1 is 1.20 bits per heavy atom. The number of aliphatic imine (C=N–C) groups is 1. The third kappa shape index (κ3) is 4.81. The fourth-order valence-electron chi connectivity index (χ4n) is 3.77. The summed E-state index contributed by atoms with van der Waals surface area (Å²) in [5.74, 6) is 0.698. The highest BCUT2D eigenvalue weighted by molar-refractivity contribution is 5.74. The molecular formula is C23H30N6O. The Morgan fingerprint density at radius 2 is 2.03 bits per heavy atom. The van der Waals surface area contributed by atoms with Gasteiger partial charge in [-0.15, -0.1) is 0 Å². The summed E-state index contributed by atoms with van der Waals surface area (Å²) >= 11 is 0. The highest BCUT2D eigenvalue weighted by Gasteiger charge is 2.28. The van der Waals surface area contributed by atoms with Gasteiger partial charge in [0.2, 0.25) is 5.79 Å². The molecule has 2 aliphatic rings. The molecule has 0 spiro atoms. The Morgan fingerprint density at radius 3 is 2.83 bits per heavy atom. The van der Waals surface area contributed by atoms with Gasteiger partial charge in [-0.3, -0.25) is 11.2 Å². The standard InChI is InChI=1S/C23H30N6O/c1-30-21-9-3-7-19(17-21)18-6-2-8-20(16-18)23(24)26-13-10-22(28-23)25-11-4-14-29-15-5-12-27-29/h2-3,6-10,13,16-17,25,27-28H,4-5,11-12,14-15,24H2,1H3. The van der Waals surface area contributed by atoms with Gasteiger partial charge in [0.1, 0.15) is 11.6 Å². The van der Waals surface area contributed by atoms with E-state index >= 15 is 0 Å². The lowest BCUT2D eigenvalue weighted by Gasteiger charge is -2.32. The minimum Gasteiger partial charge on any atom is -0.497 e. The average molecular weight is 407 g/mol. The summed E-state index contributed by atoms with van der Waals surface area (Å²) in [6.07, 6.45) is 5.96. The van der Waals surface area contributed by atoms with Crippen LogP contribution in [0.25, 0.3) is 11.1 Å². The van der Waals surface area contributed by atoms with Gasteiger partial charge in [-0.2, -0.15) is 0 Å². The largest absolute Gasteiger partial charge is 0.497 e. The number of hydrogen-bond acceptors (Lipinski definition) is 7. The number of hydrogen-bond donors (Lipinski definition) is 4. The van der Waals surface area contributed by atoms with Crippen LogP contribution in [0.15, 0.2) is 65.4 Å². The number of ether oxygens (including phenoxy) is 1. The van der Waals surface area contributed by atoms with Crippen molar-refractivity contribution in [2.45, 2.75) is 18.6 Å². The van der Waals surface area contributed by atoms with E-state index in [0.717, 1.165) is 60.9 Å². The van der Waals surface area contributed by atoms with Crippen molar-refractivity contribution in [2.24, 2.45) is 10.7 Å². The van der Waals surface area contributed by atoms with Crippen LogP contribution in [0.1, 0.15) is 18.4 Å². The Labute approximate surface area is 178 Å². The number of benzene rings is 2. The summed E-state index contributed by atoms with van der Waals surface area (Å²) in [4.78, 5) is 4.52. The second kappa shape index (κ2) is 9.30. The van der Waals surface area contributed by atoms with E-state index in [9.17, 15) is 0 Å². The van der Waals surface area contributed by atoms with Crippen LogP contribution in [-0.4, -0.2) is 44.5 Å². The third-order valence-electron chi connectivity index (χ3n) is 5.41. The minimum absolute atomic E-state index is 0.827. The van der Waals surface area contributed by atoms with Gasteiger partial charge in [0.15, 0.2) is 0 Å². The molecule has 7 nitrogen and oxygen atoms in total. The molecule has 158 valence electrons. The van der Waals surface area contributed by atoms with E-state index in [2.05, 4.69) is 44.3 Å². The second-order valence-electron chi connectivity index (χ2n) is 7.59. The molecule has 0 aromatic heterocycles. The molecule has 1 unspecified atom stereocenters. The lowest BCUT2D eigenvalue weighted by Crippen LogP contribution is -2.52. The van der Waals surface area contributed by atoms with E-state index in [1.54, 1.807) is 13.3 Å². The molecule has 4 rings (SSSR count). The van der Waals surface area contributed by atoms with Gasteiger partial charge in [0.05, 0.1) is 7.11 Å². The molecule has 0 radical (unpaired) electrons. The maximum absolute atomic E-state index is 6.64. The van der Waals surface area contributed by atoms with E-state index in [4.69, 9.17) is 10.5 Å². The first-order valence-electron chi connectivity index (χ1n) is 10.5. The summed E-state index contributed by atoms with van der Waals surface area (Å²) in [6.45, 7) is 4.11. The number of hydrazine groups is 1. The molecule has 2 heterocycles. The topological polar surface area (TPSA) is 86.9 Å². The van der Waals surface area contributed by atoms with Gasteiger partial charge in [-0.25, -0.2) is 10.0 Å². The fourth-order valence-corrected chi connectivity index (χ4v) is 3.77. The van der Waals surface area contributed by atoms with Crippen molar-refractivity contribution >= 4 is 6.21 Å². The SMILES string of the molecule is COc1cccc(-c2cccc(C3(N)N=CC=C(NCCCN4CCCN4)N3)c2)c1. The third-order valence-corrected chi connectivity index (χ3v) is 5.41. The number of rotatable bonds is 8. The second-order valence-corrected chi connectivity index (χ2v) is 7.59. The molecule has 0 aliphatic carbocycles. The molecule has 1 atom stereocenters. The number of nitrogens with zero attached hydrogens (tertiary/aromatic N) is 2. The first kappa shape index (κ1) is 20.4. The molecule has 7 heteroatoms. The predicted molar refractivity (Wildman–Crippen MR) is 121 cm³/mol. The van der Waals surface area contributed by atoms with E-state index in [0.29, 0.717) is 0 Å². The maximum Gasteiger partial charge on any atom is 0.210 e. The van der Waals surface area contributed by atoms with E-state index < -0.39 is 5.79 Å². The number of allylic oxidation sites excluding steroid dienone is 1. The number of nitrogens with one attached hydrogen (secondary N) is 3. The highest BCUT2D eigenvalue weighted by atomic mass is 16.5. The van der Waals surface area contributed by atoms with Gasteiger partial charge in [-0.1, -0.05) is 30.3 Å². The van der Waals surface area contributed by atoms with Gasteiger partial charge in [-0.05, 0) is 48.2 Å². The van der Waals surface area contributed by atoms with Crippen LogP contribution in [0.5, 0.6) is 5.75 Å². The fraction of sp³-hybridized carbons (Fsp3) is 0.348. The average Bonchev–Trinajstić information content (AvgIpc) is 3.31. The Hall–Kier alpha value is -2.87. The van der Waals surface area contributed by atoms with Gasteiger partial charge in [0.25, 0.3) is 0 Å². The number of methoxy groups -OCH3 is 1. The predicted octanol–water partition coefficient (Wildman–Crippen LogP) is 2.14. The molecule has 5 N–H and O–H groups in total. The molecule has 1 saturated heterocycles. The minimum atomic E-state index is -1.01. The van der Waals surface area contributed by atoms with E-state index in [-0.39, 0.29) is 0 Å². The normalized spacial score (nSPS) is 21.2. The van der Waals surface area contributed by atoms with Crippen molar-refractivity contribution in [3.8, 4) is 16.9 Å². The summed E-state index contributed by atoms with van der Waals surface area (Å²) in [5.41, 5.74) is 13.1. The quantitative estimate of drug-likeness (QED) is 0.503. The Kier molecular flexibility index (Phi) is 6.32. The van der Waals surface area contributed by atoms with Crippen molar-refractivity contribution in [2.75, 3.05) is 33.3 Å². The maximum atomic E-state index is 6.64. The lowest BCUT2D eigenvalue weighted by atomic mass is 9.99.